The van der Waals surface area contributed by atoms with Gasteiger partial charge in [0, 0.05) is 18.8 Å². The first-order chi connectivity index (χ1) is 11.6. The van der Waals surface area contributed by atoms with Crippen molar-refractivity contribution in [3.8, 4) is 0 Å². The van der Waals surface area contributed by atoms with Crippen molar-refractivity contribution >= 4 is 27.7 Å². The van der Waals surface area contributed by atoms with E-state index in [0.717, 1.165) is 18.4 Å². The zero-order chi connectivity index (χ0) is 18.4. The quantitative estimate of drug-likeness (QED) is 0.803. The van der Waals surface area contributed by atoms with Crippen molar-refractivity contribution in [2.24, 2.45) is 0 Å². The predicted molar refractivity (Wildman–Crippen MR) is 101 cm³/mol. The van der Waals surface area contributed by atoms with Gasteiger partial charge in [0.25, 0.3) is 0 Å². The van der Waals surface area contributed by atoms with Gasteiger partial charge in [0.2, 0.25) is 15.9 Å². The van der Waals surface area contributed by atoms with Gasteiger partial charge in [0.15, 0.2) is 0 Å². The number of hydrogen-bond acceptors (Lipinski definition) is 4. The monoisotopic (exact) mass is 382 g/mol. The van der Waals surface area contributed by atoms with Gasteiger partial charge in [-0.15, -0.1) is 11.8 Å². The first-order valence-corrected chi connectivity index (χ1v) is 11.2. The fraction of sp³-hybridized carbons (Fsp3) is 0.611. The van der Waals surface area contributed by atoms with Crippen molar-refractivity contribution in [1.29, 1.82) is 0 Å². The van der Waals surface area contributed by atoms with Gasteiger partial charge in [0.05, 0.1) is 10.8 Å². The summed E-state index contributed by atoms with van der Waals surface area (Å²) in [6.07, 6.45) is 2.03. The molecule has 0 bridgehead atoms. The van der Waals surface area contributed by atoms with Gasteiger partial charge in [-0.1, -0.05) is 32.9 Å². The van der Waals surface area contributed by atoms with E-state index in [-0.39, 0.29) is 22.3 Å². The van der Waals surface area contributed by atoms with E-state index in [9.17, 15) is 13.2 Å². The number of likely N-dealkylation sites (N-methyl/N-ethyl adjacent to an activating group) is 1. The molecule has 25 heavy (non-hydrogen) atoms. The summed E-state index contributed by atoms with van der Waals surface area (Å²) >= 11 is 1.50. The number of thioether (sulfide) groups is 1. The third-order valence-electron chi connectivity index (χ3n) is 4.90. The van der Waals surface area contributed by atoms with Crippen LogP contribution >= 0.6 is 11.8 Å². The topological polar surface area (TPSA) is 57.7 Å². The Morgan fingerprint density at radius 2 is 1.80 bits per heavy atom. The number of carbonyl (C=O) groups is 1. The second-order valence-corrected chi connectivity index (χ2v) is 10.8. The summed E-state index contributed by atoms with van der Waals surface area (Å²) in [5.74, 6) is 0.774. The molecule has 1 aliphatic heterocycles. The van der Waals surface area contributed by atoms with E-state index in [1.807, 2.05) is 12.1 Å². The summed E-state index contributed by atoms with van der Waals surface area (Å²) in [4.78, 5) is 14.7. The highest BCUT2D eigenvalue weighted by Crippen LogP contribution is 2.33. The highest BCUT2D eigenvalue weighted by atomic mass is 32.2. The molecule has 0 aromatic heterocycles. The van der Waals surface area contributed by atoms with Gasteiger partial charge in [-0.05, 0) is 36.0 Å². The fourth-order valence-electron chi connectivity index (χ4n) is 3.00. The lowest BCUT2D eigenvalue weighted by molar-refractivity contribution is -0.133. The molecule has 7 heteroatoms. The van der Waals surface area contributed by atoms with Gasteiger partial charge in [-0.2, -0.15) is 4.31 Å². The molecule has 1 aromatic carbocycles. The van der Waals surface area contributed by atoms with Crippen molar-refractivity contribution in [2.45, 2.75) is 56.0 Å². The van der Waals surface area contributed by atoms with E-state index in [0.29, 0.717) is 11.6 Å². The lowest BCUT2D eigenvalue weighted by Crippen LogP contribution is -2.48. The Morgan fingerprint density at radius 3 is 2.32 bits per heavy atom. The zero-order valence-electron chi connectivity index (χ0n) is 15.2. The number of sulfonamides is 1. The van der Waals surface area contributed by atoms with Gasteiger partial charge >= 0.3 is 0 Å². The van der Waals surface area contributed by atoms with Crippen molar-refractivity contribution in [2.75, 3.05) is 18.7 Å². The molecule has 138 valence electrons. The van der Waals surface area contributed by atoms with Crippen LogP contribution in [0, 0.1) is 0 Å². The van der Waals surface area contributed by atoms with Gasteiger partial charge in [0.1, 0.15) is 6.04 Å². The Balaban J connectivity index is 1.84. The molecule has 2 aliphatic rings. The van der Waals surface area contributed by atoms with Gasteiger partial charge in [-0.25, -0.2) is 8.42 Å². The van der Waals surface area contributed by atoms with E-state index in [2.05, 4.69) is 20.8 Å². The van der Waals surface area contributed by atoms with Crippen molar-refractivity contribution in [3.05, 3.63) is 29.8 Å². The third kappa shape index (κ3) is 3.73. The molecule has 0 spiro atoms. The van der Waals surface area contributed by atoms with Crippen LogP contribution in [-0.2, 0) is 20.2 Å². The van der Waals surface area contributed by atoms with Crippen molar-refractivity contribution in [1.82, 2.24) is 9.21 Å². The molecule has 1 aliphatic carbocycles. The van der Waals surface area contributed by atoms with Crippen molar-refractivity contribution in [3.63, 3.8) is 0 Å². The number of amides is 1. The molecule has 1 saturated carbocycles. The van der Waals surface area contributed by atoms with E-state index < -0.39 is 16.1 Å². The Labute approximate surface area is 154 Å². The number of benzene rings is 1. The first-order valence-electron chi connectivity index (χ1n) is 8.59. The standard InChI is InChI=1S/C18H26N2O3S2/c1-18(2,3)13-5-9-15(10-6-13)25(22,23)20-12-24-11-16(20)17(21)19(4)14-7-8-14/h5-6,9-10,14,16H,7-8,11-12H2,1-4H3. The Kier molecular flexibility index (Phi) is 4.94. The maximum atomic E-state index is 13.1. The minimum absolute atomic E-state index is 0.0305. The lowest BCUT2D eigenvalue weighted by Gasteiger charge is -2.27. The molecular formula is C18H26N2O3S2. The average molecular weight is 383 g/mol. The average Bonchev–Trinajstić information content (AvgIpc) is 3.28. The van der Waals surface area contributed by atoms with E-state index in [4.69, 9.17) is 0 Å². The summed E-state index contributed by atoms with van der Waals surface area (Å²) in [5, 5.41) is 0. The van der Waals surface area contributed by atoms with Crippen LogP contribution in [0.3, 0.4) is 0 Å². The van der Waals surface area contributed by atoms with Crippen LogP contribution < -0.4 is 0 Å². The minimum Gasteiger partial charge on any atom is -0.341 e. The SMILES string of the molecule is CN(C(=O)C1CSCN1S(=O)(=O)c1ccc(C(C)(C)C)cc1)C1CC1. The number of rotatable bonds is 4. The molecule has 3 rings (SSSR count). The zero-order valence-corrected chi connectivity index (χ0v) is 16.9. The normalized spacial score (nSPS) is 22.2. The fourth-order valence-corrected chi connectivity index (χ4v) is 6.13. The number of hydrogen-bond donors (Lipinski definition) is 0. The molecule has 0 radical (unpaired) electrons. The van der Waals surface area contributed by atoms with Gasteiger partial charge in [-0.3, -0.25) is 4.79 Å². The third-order valence-corrected chi connectivity index (χ3v) is 7.94. The maximum Gasteiger partial charge on any atom is 0.244 e. The number of nitrogens with zero attached hydrogens (tertiary/aromatic N) is 2. The van der Waals surface area contributed by atoms with Crippen LogP contribution in [0.25, 0.3) is 0 Å². The van der Waals surface area contributed by atoms with Crippen LogP contribution in [-0.4, -0.2) is 54.3 Å². The van der Waals surface area contributed by atoms with E-state index >= 15 is 0 Å². The van der Waals surface area contributed by atoms with Crippen LogP contribution in [0.4, 0.5) is 0 Å². The van der Waals surface area contributed by atoms with Crippen LogP contribution in [0.5, 0.6) is 0 Å². The van der Waals surface area contributed by atoms with Crippen molar-refractivity contribution < 1.29 is 13.2 Å². The van der Waals surface area contributed by atoms with Crippen LogP contribution in [0.2, 0.25) is 0 Å². The Hall–Kier alpha value is -1.05. The molecule has 1 heterocycles. The minimum atomic E-state index is -3.67. The second kappa shape index (κ2) is 6.59. The predicted octanol–water partition coefficient (Wildman–Crippen LogP) is 2.67. The molecule has 2 fully saturated rings. The summed E-state index contributed by atoms with van der Waals surface area (Å²) < 4.78 is 27.5. The smallest absolute Gasteiger partial charge is 0.244 e. The number of carbonyl (C=O) groups excluding carboxylic acids is 1. The summed E-state index contributed by atoms with van der Waals surface area (Å²) in [7, 11) is -1.89. The highest BCUT2D eigenvalue weighted by molar-refractivity contribution is 8.00. The van der Waals surface area contributed by atoms with E-state index in [1.54, 1.807) is 24.1 Å². The van der Waals surface area contributed by atoms with Crippen LogP contribution in [0.1, 0.15) is 39.2 Å². The van der Waals surface area contributed by atoms with Gasteiger partial charge < -0.3 is 4.90 Å². The molecular weight excluding hydrogens is 356 g/mol. The summed E-state index contributed by atoms with van der Waals surface area (Å²) in [6.45, 7) is 6.28. The molecule has 1 amide bonds. The molecule has 1 atom stereocenters. The summed E-state index contributed by atoms with van der Waals surface area (Å²) in [6, 6.07) is 6.74. The first kappa shape index (κ1) is 18.7. The lowest BCUT2D eigenvalue weighted by atomic mass is 9.87. The second-order valence-electron chi connectivity index (χ2n) is 7.86. The maximum absolute atomic E-state index is 13.1. The molecule has 1 saturated heterocycles. The largest absolute Gasteiger partial charge is 0.341 e. The molecule has 0 N–H and O–H groups in total. The highest BCUT2D eigenvalue weighted by Gasteiger charge is 2.43. The molecule has 5 nitrogen and oxygen atoms in total. The summed E-state index contributed by atoms with van der Waals surface area (Å²) in [5.41, 5.74) is 1.06. The molecule has 1 unspecified atom stereocenters. The molecule has 1 aromatic rings. The van der Waals surface area contributed by atoms with E-state index in [1.165, 1.54) is 16.1 Å². The van der Waals surface area contributed by atoms with Crippen LogP contribution in [0.15, 0.2) is 29.2 Å². The Morgan fingerprint density at radius 1 is 1.20 bits per heavy atom. The Bertz CT molecular complexity index is 750.